The minimum absolute atomic E-state index is 0.182. The molecule has 0 heterocycles. The van der Waals surface area contributed by atoms with Crippen LogP contribution in [0.4, 0.5) is 0 Å². The van der Waals surface area contributed by atoms with Gasteiger partial charge in [0.05, 0.1) is 6.54 Å². The van der Waals surface area contributed by atoms with E-state index in [-0.39, 0.29) is 11.4 Å². The maximum atomic E-state index is 11.9. The Bertz CT molecular complexity index is 278. The van der Waals surface area contributed by atoms with E-state index in [0.717, 1.165) is 24.3 Å². The van der Waals surface area contributed by atoms with Gasteiger partial charge in [0.2, 0.25) is 5.91 Å². The fourth-order valence-corrected chi connectivity index (χ4v) is 4.84. The summed E-state index contributed by atoms with van der Waals surface area (Å²) in [4.78, 5) is 11.9. The number of amides is 1. The quantitative estimate of drug-likeness (QED) is 0.780. The van der Waals surface area contributed by atoms with E-state index in [9.17, 15) is 4.79 Å². The molecule has 2 N–H and O–H groups in total. The van der Waals surface area contributed by atoms with Crippen LogP contribution in [-0.4, -0.2) is 24.5 Å². The van der Waals surface area contributed by atoms with Gasteiger partial charge in [0.1, 0.15) is 0 Å². The molecule has 0 aromatic heterocycles. The summed E-state index contributed by atoms with van der Waals surface area (Å²) < 4.78 is 0. The molecule has 0 aromatic rings. The van der Waals surface area contributed by atoms with Gasteiger partial charge in [-0.3, -0.25) is 4.79 Å². The Balaban J connectivity index is 1.64. The molecule has 3 heteroatoms. The zero-order valence-electron chi connectivity index (χ0n) is 10.8. The number of likely N-dealkylation sites (N-methyl/N-ethyl adjacent to an activating group) is 1. The standard InChI is InChI=1S/C14H24N2O/c1-2-15-9-13(17)16-14-6-10-3-11(7-14)5-12(4-10)8-14/h10-12,15H,2-9H2,1H3,(H,16,17). The molecule has 4 fully saturated rings. The first-order chi connectivity index (χ1) is 8.19. The van der Waals surface area contributed by atoms with Crippen molar-refractivity contribution in [2.45, 2.75) is 51.0 Å². The smallest absolute Gasteiger partial charge is 0.234 e. The third kappa shape index (κ3) is 2.22. The lowest BCUT2D eigenvalue weighted by Crippen LogP contribution is -2.60. The fourth-order valence-electron chi connectivity index (χ4n) is 4.84. The second-order valence-corrected chi connectivity index (χ2v) is 6.53. The van der Waals surface area contributed by atoms with Gasteiger partial charge in [-0.2, -0.15) is 0 Å². The average molecular weight is 236 g/mol. The third-order valence-electron chi connectivity index (χ3n) is 4.98. The number of hydrogen-bond acceptors (Lipinski definition) is 2. The minimum Gasteiger partial charge on any atom is -0.350 e. The molecule has 4 rings (SSSR count). The number of nitrogens with one attached hydrogen (secondary N) is 2. The van der Waals surface area contributed by atoms with Crippen LogP contribution in [-0.2, 0) is 4.79 Å². The van der Waals surface area contributed by atoms with Gasteiger partial charge < -0.3 is 10.6 Å². The molecule has 0 spiro atoms. The molecule has 4 bridgehead atoms. The van der Waals surface area contributed by atoms with Crippen molar-refractivity contribution in [1.82, 2.24) is 10.6 Å². The highest BCUT2D eigenvalue weighted by Gasteiger charge is 2.51. The summed E-state index contributed by atoms with van der Waals surface area (Å²) in [5, 5.41) is 6.48. The molecule has 96 valence electrons. The number of carbonyl (C=O) groups is 1. The normalized spacial score (nSPS) is 42.8. The van der Waals surface area contributed by atoms with Gasteiger partial charge in [0, 0.05) is 5.54 Å². The molecule has 4 saturated carbocycles. The van der Waals surface area contributed by atoms with E-state index in [0.29, 0.717) is 6.54 Å². The number of rotatable bonds is 4. The van der Waals surface area contributed by atoms with E-state index in [4.69, 9.17) is 0 Å². The lowest BCUT2D eigenvalue weighted by Gasteiger charge is -2.56. The molecule has 0 radical (unpaired) electrons. The first-order valence-electron chi connectivity index (χ1n) is 7.21. The van der Waals surface area contributed by atoms with E-state index < -0.39 is 0 Å². The SMILES string of the molecule is CCNCC(=O)NC12CC3CC(CC(C3)C1)C2. The molecule has 0 aliphatic heterocycles. The van der Waals surface area contributed by atoms with Crippen molar-refractivity contribution >= 4 is 5.91 Å². The molecule has 4 aliphatic carbocycles. The minimum atomic E-state index is 0.182. The molecule has 0 atom stereocenters. The predicted molar refractivity (Wildman–Crippen MR) is 67.6 cm³/mol. The van der Waals surface area contributed by atoms with Gasteiger partial charge in [-0.1, -0.05) is 6.92 Å². The maximum Gasteiger partial charge on any atom is 0.234 e. The summed E-state index contributed by atoms with van der Waals surface area (Å²) in [7, 11) is 0. The Kier molecular flexibility index (Phi) is 2.89. The second-order valence-electron chi connectivity index (χ2n) is 6.53. The Morgan fingerprint density at radius 1 is 1.12 bits per heavy atom. The summed E-state index contributed by atoms with van der Waals surface area (Å²) >= 11 is 0. The van der Waals surface area contributed by atoms with Crippen molar-refractivity contribution in [3.05, 3.63) is 0 Å². The van der Waals surface area contributed by atoms with Crippen molar-refractivity contribution in [3.63, 3.8) is 0 Å². The number of carbonyl (C=O) groups excluding carboxylic acids is 1. The van der Waals surface area contributed by atoms with Crippen molar-refractivity contribution in [1.29, 1.82) is 0 Å². The van der Waals surface area contributed by atoms with Crippen molar-refractivity contribution in [3.8, 4) is 0 Å². The topological polar surface area (TPSA) is 41.1 Å². The molecule has 0 unspecified atom stereocenters. The Labute approximate surface area is 104 Å². The van der Waals surface area contributed by atoms with E-state index in [1.165, 1.54) is 38.5 Å². The summed E-state index contributed by atoms with van der Waals surface area (Å²) in [6.45, 7) is 3.39. The van der Waals surface area contributed by atoms with E-state index >= 15 is 0 Å². The molecule has 1 amide bonds. The zero-order valence-corrected chi connectivity index (χ0v) is 10.8. The van der Waals surface area contributed by atoms with E-state index in [2.05, 4.69) is 10.6 Å². The Morgan fingerprint density at radius 2 is 1.65 bits per heavy atom. The Hall–Kier alpha value is -0.570. The summed E-state index contributed by atoms with van der Waals surface area (Å²) in [6, 6.07) is 0. The first kappa shape index (κ1) is 11.5. The van der Waals surface area contributed by atoms with Gasteiger partial charge in [-0.15, -0.1) is 0 Å². The monoisotopic (exact) mass is 236 g/mol. The zero-order chi connectivity index (χ0) is 11.9. The van der Waals surface area contributed by atoms with Crippen molar-refractivity contribution < 1.29 is 4.79 Å². The van der Waals surface area contributed by atoms with Crippen LogP contribution in [0, 0.1) is 17.8 Å². The fraction of sp³-hybridized carbons (Fsp3) is 0.929. The summed E-state index contributed by atoms with van der Waals surface area (Å²) in [5.74, 6) is 2.91. The van der Waals surface area contributed by atoms with Crippen LogP contribution in [0.3, 0.4) is 0 Å². The largest absolute Gasteiger partial charge is 0.350 e. The van der Waals surface area contributed by atoms with Crippen LogP contribution < -0.4 is 10.6 Å². The average Bonchev–Trinajstić information content (AvgIpc) is 2.23. The van der Waals surface area contributed by atoms with Crippen molar-refractivity contribution in [2.75, 3.05) is 13.1 Å². The van der Waals surface area contributed by atoms with Gasteiger partial charge in [-0.25, -0.2) is 0 Å². The first-order valence-corrected chi connectivity index (χ1v) is 7.21. The third-order valence-corrected chi connectivity index (χ3v) is 4.98. The molecule has 17 heavy (non-hydrogen) atoms. The van der Waals surface area contributed by atoms with Crippen LogP contribution >= 0.6 is 0 Å². The molecular weight excluding hydrogens is 212 g/mol. The predicted octanol–water partition coefficient (Wildman–Crippen LogP) is 1.68. The highest BCUT2D eigenvalue weighted by molar-refractivity contribution is 5.79. The van der Waals surface area contributed by atoms with Crippen LogP contribution in [0.5, 0.6) is 0 Å². The molecule has 0 aromatic carbocycles. The van der Waals surface area contributed by atoms with Crippen LogP contribution in [0.25, 0.3) is 0 Å². The summed E-state index contributed by atoms with van der Waals surface area (Å²) in [5.41, 5.74) is 0.182. The summed E-state index contributed by atoms with van der Waals surface area (Å²) in [6.07, 6.45) is 8.04. The highest BCUT2D eigenvalue weighted by atomic mass is 16.2. The van der Waals surface area contributed by atoms with E-state index in [1.807, 2.05) is 6.92 Å². The van der Waals surface area contributed by atoms with Gasteiger partial charge >= 0.3 is 0 Å². The van der Waals surface area contributed by atoms with Gasteiger partial charge in [0.15, 0.2) is 0 Å². The second kappa shape index (κ2) is 4.27. The number of hydrogen-bond donors (Lipinski definition) is 2. The highest BCUT2D eigenvalue weighted by Crippen LogP contribution is 2.55. The van der Waals surface area contributed by atoms with Crippen LogP contribution in [0.1, 0.15) is 45.4 Å². The van der Waals surface area contributed by atoms with Gasteiger partial charge in [-0.05, 0) is 62.8 Å². The molecule has 3 nitrogen and oxygen atoms in total. The molecular formula is C14H24N2O. The van der Waals surface area contributed by atoms with Crippen LogP contribution in [0.2, 0.25) is 0 Å². The lowest BCUT2D eigenvalue weighted by atomic mass is 9.53. The van der Waals surface area contributed by atoms with Gasteiger partial charge in [0.25, 0.3) is 0 Å². The van der Waals surface area contributed by atoms with Crippen LogP contribution in [0.15, 0.2) is 0 Å². The maximum absolute atomic E-state index is 11.9. The molecule has 4 aliphatic rings. The van der Waals surface area contributed by atoms with E-state index in [1.54, 1.807) is 0 Å². The lowest BCUT2D eigenvalue weighted by molar-refractivity contribution is -0.125. The molecule has 0 saturated heterocycles. The Morgan fingerprint density at radius 3 is 2.12 bits per heavy atom. The van der Waals surface area contributed by atoms with Crippen molar-refractivity contribution in [2.24, 2.45) is 17.8 Å².